The molecule has 1 aliphatic heterocycles. The van der Waals surface area contributed by atoms with Crippen molar-refractivity contribution in [3.63, 3.8) is 0 Å². The van der Waals surface area contributed by atoms with Crippen LogP contribution in [0.25, 0.3) is 0 Å². The quantitative estimate of drug-likeness (QED) is 0.711. The minimum atomic E-state index is -3.35. The van der Waals surface area contributed by atoms with Gasteiger partial charge in [0, 0.05) is 31.1 Å². The number of hydrogen-bond donors (Lipinski definition) is 0. The van der Waals surface area contributed by atoms with Gasteiger partial charge in [0.1, 0.15) is 0 Å². The molecule has 7 heteroatoms. The summed E-state index contributed by atoms with van der Waals surface area (Å²) in [6, 6.07) is 19.0. The number of thioether (sulfide) groups is 1. The highest BCUT2D eigenvalue weighted by Gasteiger charge is 2.28. The van der Waals surface area contributed by atoms with Gasteiger partial charge in [-0.1, -0.05) is 48.5 Å². The molecule has 2 aromatic carbocycles. The second-order valence-electron chi connectivity index (χ2n) is 6.12. The molecular formula is C19H22N2O3S2. The number of piperazine rings is 1. The van der Waals surface area contributed by atoms with Crippen molar-refractivity contribution in [1.82, 2.24) is 9.21 Å². The molecule has 0 bridgehead atoms. The Bertz CT molecular complexity index is 818. The van der Waals surface area contributed by atoms with Crippen LogP contribution in [0.3, 0.4) is 0 Å². The molecule has 0 aliphatic carbocycles. The summed E-state index contributed by atoms with van der Waals surface area (Å²) < 4.78 is 26.6. The second-order valence-corrected chi connectivity index (χ2v) is 9.14. The molecule has 26 heavy (non-hydrogen) atoms. The van der Waals surface area contributed by atoms with Crippen LogP contribution in [0.1, 0.15) is 5.56 Å². The third kappa shape index (κ3) is 5.09. The maximum atomic E-state index is 12.6. The van der Waals surface area contributed by atoms with E-state index in [0.29, 0.717) is 31.9 Å². The summed E-state index contributed by atoms with van der Waals surface area (Å²) in [4.78, 5) is 15.2. The Morgan fingerprint density at radius 3 is 2.08 bits per heavy atom. The lowest BCUT2D eigenvalue weighted by Gasteiger charge is -2.34. The zero-order chi connectivity index (χ0) is 18.4. The zero-order valence-corrected chi connectivity index (χ0v) is 16.1. The molecule has 0 atom stereocenters. The van der Waals surface area contributed by atoms with Crippen molar-refractivity contribution in [2.75, 3.05) is 31.9 Å². The first kappa shape index (κ1) is 18.9. The topological polar surface area (TPSA) is 57.7 Å². The molecule has 0 N–H and O–H groups in total. The lowest BCUT2D eigenvalue weighted by molar-refractivity contribution is -0.129. The smallest absolute Gasteiger partial charge is 0.233 e. The summed E-state index contributed by atoms with van der Waals surface area (Å²) in [5.74, 6) is 0.436. The predicted octanol–water partition coefficient (Wildman–Crippen LogP) is 2.45. The average molecular weight is 391 g/mol. The van der Waals surface area contributed by atoms with E-state index in [1.807, 2.05) is 60.7 Å². The molecule has 3 rings (SSSR count). The van der Waals surface area contributed by atoms with Crippen LogP contribution in [-0.4, -0.2) is 55.5 Å². The SMILES string of the molecule is O=C(CSc1ccccc1)N1CCN(S(=O)(=O)Cc2ccccc2)CC1. The van der Waals surface area contributed by atoms with Gasteiger partial charge in [-0.05, 0) is 17.7 Å². The van der Waals surface area contributed by atoms with Gasteiger partial charge >= 0.3 is 0 Å². The first-order chi connectivity index (χ1) is 12.5. The number of nitrogens with zero attached hydrogens (tertiary/aromatic N) is 2. The van der Waals surface area contributed by atoms with E-state index >= 15 is 0 Å². The number of carbonyl (C=O) groups excluding carboxylic acids is 1. The van der Waals surface area contributed by atoms with E-state index in [4.69, 9.17) is 0 Å². The van der Waals surface area contributed by atoms with Crippen molar-refractivity contribution >= 4 is 27.7 Å². The van der Waals surface area contributed by atoms with Crippen molar-refractivity contribution in [1.29, 1.82) is 0 Å². The molecule has 0 saturated carbocycles. The molecule has 5 nitrogen and oxygen atoms in total. The van der Waals surface area contributed by atoms with Gasteiger partial charge in [0.15, 0.2) is 0 Å². The summed E-state index contributed by atoms with van der Waals surface area (Å²) in [5, 5.41) is 0. The number of hydrogen-bond acceptors (Lipinski definition) is 4. The lowest BCUT2D eigenvalue weighted by atomic mass is 10.2. The van der Waals surface area contributed by atoms with Gasteiger partial charge in [-0.2, -0.15) is 4.31 Å². The molecule has 2 aromatic rings. The Hall–Kier alpha value is -1.83. The fourth-order valence-electron chi connectivity index (χ4n) is 2.84. The van der Waals surface area contributed by atoms with E-state index in [1.54, 1.807) is 4.90 Å². The summed E-state index contributed by atoms with van der Waals surface area (Å²) in [6.45, 7) is 1.61. The van der Waals surface area contributed by atoms with Gasteiger partial charge in [0.25, 0.3) is 0 Å². The first-order valence-corrected chi connectivity index (χ1v) is 11.1. The highest BCUT2D eigenvalue weighted by molar-refractivity contribution is 8.00. The lowest BCUT2D eigenvalue weighted by Crippen LogP contribution is -2.51. The van der Waals surface area contributed by atoms with Crippen LogP contribution in [0, 0.1) is 0 Å². The standard InChI is InChI=1S/C19H22N2O3S2/c22-19(15-25-18-9-5-2-6-10-18)20-11-13-21(14-12-20)26(23,24)16-17-7-3-1-4-8-17/h1-10H,11-16H2. The number of amides is 1. The molecular weight excluding hydrogens is 368 g/mol. The van der Waals surface area contributed by atoms with Crippen LogP contribution in [-0.2, 0) is 20.6 Å². The van der Waals surface area contributed by atoms with E-state index < -0.39 is 10.0 Å². The number of sulfonamides is 1. The summed E-state index contributed by atoms with van der Waals surface area (Å²) in [5.41, 5.74) is 0.783. The fourth-order valence-corrected chi connectivity index (χ4v) is 5.18. The largest absolute Gasteiger partial charge is 0.339 e. The van der Waals surface area contributed by atoms with Gasteiger partial charge in [0.05, 0.1) is 11.5 Å². The van der Waals surface area contributed by atoms with Crippen LogP contribution in [0.5, 0.6) is 0 Å². The van der Waals surface area contributed by atoms with Crippen molar-refractivity contribution in [2.45, 2.75) is 10.6 Å². The van der Waals surface area contributed by atoms with Crippen LogP contribution in [0.15, 0.2) is 65.6 Å². The van der Waals surface area contributed by atoms with Crippen molar-refractivity contribution in [2.24, 2.45) is 0 Å². The maximum absolute atomic E-state index is 12.6. The van der Waals surface area contributed by atoms with Gasteiger partial charge in [-0.15, -0.1) is 11.8 Å². The molecule has 0 spiro atoms. The Labute approximate surface area is 159 Å². The third-order valence-electron chi connectivity index (χ3n) is 4.28. The van der Waals surface area contributed by atoms with E-state index in [0.717, 1.165) is 10.5 Å². The highest BCUT2D eigenvalue weighted by atomic mass is 32.2. The number of rotatable bonds is 6. The molecule has 0 unspecified atom stereocenters. The van der Waals surface area contributed by atoms with Gasteiger partial charge in [0.2, 0.25) is 15.9 Å². The summed E-state index contributed by atoms with van der Waals surface area (Å²) in [6.07, 6.45) is 0. The Morgan fingerprint density at radius 1 is 0.885 bits per heavy atom. The molecule has 1 heterocycles. The van der Waals surface area contributed by atoms with Crippen LogP contribution in [0.2, 0.25) is 0 Å². The monoisotopic (exact) mass is 390 g/mol. The molecule has 0 radical (unpaired) electrons. The normalized spacial score (nSPS) is 15.8. The minimum Gasteiger partial charge on any atom is -0.339 e. The van der Waals surface area contributed by atoms with Crippen LogP contribution < -0.4 is 0 Å². The van der Waals surface area contributed by atoms with Crippen molar-refractivity contribution in [3.8, 4) is 0 Å². The first-order valence-electron chi connectivity index (χ1n) is 8.52. The van der Waals surface area contributed by atoms with Gasteiger partial charge in [-0.25, -0.2) is 8.42 Å². The summed E-state index contributed by atoms with van der Waals surface area (Å²) in [7, 11) is -3.35. The van der Waals surface area contributed by atoms with E-state index in [2.05, 4.69) is 0 Å². The molecule has 1 aliphatic rings. The Kier molecular flexibility index (Phi) is 6.34. The fraction of sp³-hybridized carbons (Fsp3) is 0.316. The van der Waals surface area contributed by atoms with Crippen molar-refractivity contribution in [3.05, 3.63) is 66.2 Å². The Balaban J connectivity index is 1.49. The van der Waals surface area contributed by atoms with E-state index in [1.165, 1.54) is 16.1 Å². The van der Waals surface area contributed by atoms with E-state index in [9.17, 15) is 13.2 Å². The van der Waals surface area contributed by atoms with E-state index in [-0.39, 0.29) is 11.7 Å². The second kappa shape index (κ2) is 8.70. The van der Waals surface area contributed by atoms with Gasteiger partial charge in [-0.3, -0.25) is 4.79 Å². The predicted molar refractivity (Wildman–Crippen MR) is 104 cm³/mol. The molecule has 138 valence electrons. The maximum Gasteiger partial charge on any atom is 0.233 e. The highest BCUT2D eigenvalue weighted by Crippen LogP contribution is 2.19. The minimum absolute atomic E-state index is 0.00560. The molecule has 0 aromatic heterocycles. The van der Waals surface area contributed by atoms with Gasteiger partial charge < -0.3 is 4.90 Å². The average Bonchev–Trinajstić information content (AvgIpc) is 2.67. The number of carbonyl (C=O) groups is 1. The number of benzene rings is 2. The zero-order valence-electron chi connectivity index (χ0n) is 14.5. The third-order valence-corrected chi connectivity index (χ3v) is 7.13. The van der Waals surface area contributed by atoms with Crippen molar-refractivity contribution < 1.29 is 13.2 Å². The summed E-state index contributed by atoms with van der Waals surface area (Å²) >= 11 is 1.51. The Morgan fingerprint density at radius 2 is 1.46 bits per heavy atom. The molecule has 1 amide bonds. The molecule has 1 saturated heterocycles. The van der Waals surface area contributed by atoms with Crippen LogP contribution >= 0.6 is 11.8 Å². The van der Waals surface area contributed by atoms with Crippen LogP contribution in [0.4, 0.5) is 0 Å². The molecule has 1 fully saturated rings.